The summed E-state index contributed by atoms with van der Waals surface area (Å²) in [6, 6.07) is 8.06. The van der Waals surface area contributed by atoms with Gasteiger partial charge in [0.1, 0.15) is 5.82 Å². The quantitative estimate of drug-likeness (QED) is 0.849. The Bertz CT molecular complexity index is 651. The molecule has 1 saturated carbocycles. The second-order valence-electron chi connectivity index (χ2n) is 5.83. The summed E-state index contributed by atoms with van der Waals surface area (Å²) in [6.07, 6.45) is 10.1. The molecule has 0 radical (unpaired) electrons. The monoisotopic (exact) mass is 312 g/mol. The van der Waals surface area contributed by atoms with E-state index in [9.17, 15) is 0 Å². The van der Waals surface area contributed by atoms with Crippen molar-refractivity contribution in [3.63, 3.8) is 0 Å². The summed E-state index contributed by atoms with van der Waals surface area (Å²) < 4.78 is 0. The van der Waals surface area contributed by atoms with Gasteiger partial charge in [-0.3, -0.25) is 4.98 Å². The van der Waals surface area contributed by atoms with Crippen LogP contribution in [-0.4, -0.2) is 15.1 Å². The van der Waals surface area contributed by atoms with Crippen LogP contribution in [0.1, 0.15) is 36.8 Å². The Morgan fingerprint density at radius 1 is 1.23 bits per heavy atom. The summed E-state index contributed by atoms with van der Waals surface area (Å²) in [5.41, 5.74) is 2.25. The minimum absolute atomic E-state index is 0.109. The van der Waals surface area contributed by atoms with Gasteiger partial charge in [0.25, 0.3) is 0 Å². The van der Waals surface area contributed by atoms with Crippen molar-refractivity contribution < 1.29 is 0 Å². The highest BCUT2D eigenvalue weighted by molar-refractivity contribution is 7.80. The SMILES string of the molecule is Cc1ccnc(NC(=S)NC2(c3cccnc3)CCCC2)c1. The van der Waals surface area contributed by atoms with E-state index in [0.29, 0.717) is 5.11 Å². The molecule has 4 nitrogen and oxygen atoms in total. The van der Waals surface area contributed by atoms with E-state index in [2.05, 4.69) is 26.7 Å². The average Bonchev–Trinajstić information content (AvgIpc) is 2.98. The van der Waals surface area contributed by atoms with E-state index in [1.54, 1.807) is 12.4 Å². The summed E-state index contributed by atoms with van der Waals surface area (Å²) in [7, 11) is 0. The Labute approximate surface area is 136 Å². The first-order chi connectivity index (χ1) is 10.7. The molecule has 0 spiro atoms. The maximum atomic E-state index is 5.51. The third kappa shape index (κ3) is 3.25. The second kappa shape index (κ2) is 6.40. The summed E-state index contributed by atoms with van der Waals surface area (Å²) in [5.74, 6) is 0.775. The van der Waals surface area contributed by atoms with Crippen LogP contribution in [0.25, 0.3) is 0 Å². The molecule has 0 bridgehead atoms. The third-order valence-electron chi connectivity index (χ3n) is 4.18. The molecule has 0 aromatic carbocycles. The van der Waals surface area contributed by atoms with Crippen molar-refractivity contribution in [1.82, 2.24) is 15.3 Å². The Balaban J connectivity index is 1.76. The molecule has 3 rings (SSSR count). The van der Waals surface area contributed by atoms with Crippen LogP contribution >= 0.6 is 12.2 Å². The number of aromatic nitrogens is 2. The number of aryl methyl sites for hydroxylation is 1. The van der Waals surface area contributed by atoms with Crippen LogP contribution in [0.3, 0.4) is 0 Å². The smallest absolute Gasteiger partial charge is 0.172 e. The fourth-order valence-corrected chi connectivity index (χ4v) is 3.38. The highest BCUT2D eigenvalue weighted by Gasteiger charge is 2.36. The van der Waals surface area contributed by atoms with E-state index in [1.807, 2.05) is 31.3 Å². The molecule has 2 N–H and O–H groups in total. The third-order valence-corrected chi connectivity index (χ3v) is 4.39. The van der Waals surface area contributed by atoms with Crippen LogP contribution in [0.15, 0.2) is 42.9 Å². The first kappa shape index (κ1) is 14.9. The van der Waals surface area contributed by atoms with Crippen molar-refractivity contribution in [2.75, 3.05) is 5.32 Å². The minimum atomic E-state index is -0.109. The van der Waals surface area contributed by atoms with Crippen LogP contribution in [0.2, 0.25) is 0 Å². The Kier molecular flexibility index (Phi) is 4.34. The first-order valence-corrected chi connectivity index (χ1v) is 8.01. The number of anilines is 1. The van der Waals surface area contributed by atoms with Crippen molar-refractivity contribution in [3.8, 4) is 0 Å². The van der Waals surface area contributed by atoms with Crippen LogP contribution in [0.5, 0.6) is 0 Å². The molecule has 2 aromatic rings. The van der Waals surface area contributed by atoms with Gasteiger partial charge in [-0.2, -0.15) is 0 Å². The Hall–Kier alpha value is -2.01. The summed E-state index contributed by atoms with van der Waals surface area (Å²) >= 11 is 5.51. The molecule has 1 aliphatic rings. The Morgan fingerprint density at radius 3 is 2.73 bits per heavy atom. The van der Waals surface area contributed by atoms with Gasteiger partial charge < -0.3 is 10.6 Å². The molecule has 0 unspecified atom stereocenters. The van der Waals surface area contributed by atoms with Gasteiger partial charge >= 0.3 is 0 Å². The standard InChI is InChI=1S/C17H20N4S/c1-13-6-10-19-15(11-13)20-16(22)21-17(7-2-3-8-17)14-5-4-9-18-12-14/h4-6,9-12H,2-3,7-8H2,1H3,(H2,19,20,21,22). The molecular formula is C17H20N4S. The largest absolute Gasteiger partial charge is 0.353 e. The average molecular weight is 312 g/mol. The molecule has 2 aromatic heterocycles. The fourth-order valence-electron chi connectivity index (χ4n) is 3.08. The maximum Gasteiger partial charge on any atom is 0.172 e. The zero-order chi connectivity index (χ0) is 15.4. The molecule has 0 atom stereocenters. The van der Waals surface area contributed by atoms with Gasteiger partial charge in [-0.1, -0.05) is 18.9 Å². The van der Waals surface area contributed by atoms with Crippen molar-refractivity contribution in [1.29, 1.82) is 0 Å². The minimum Gasteiger partial charge on any atom is -0.353 e. The van der Waals surface area contributed by atoms with Crippen LogP contribution in [0, 0.1) is 6.92 Å². The van der Waals surface area contributed by atoms with Gasteiger partial charge in [0.05, 0.1) is 5.54 Å². The van der Waals surface area contributed by atoms with Gasteiger partial charge in [-0.25, -0.2) is 4.98 Å². The normalized spacial score (nSPS) is 16.2. The van der Waals surface area contributed by atoms with E-state index in [-0.39, 0.29) is 5.54 Å². The highest BCUT2D eigenvalue weighted by Crippen LogP contribution is 2.38. The summed E-state index contributed by atoms with van der Waals surface area (Å²) in [6.45, 7) is 2.04. The predicted molar refractivity (Wildman–Crippen MR) is 92.7 cm³/mol. The van der Waals surface area contributed by atoms with Crippen molar-refractivity contribution in [2.24, 2.45) is 0 Å². The second-order valence-corrected chi connectivity index (χ2v) is 6.24. The predicted octanol–water partition coefficient (Wildman–Crippen LogP) is 3.54. The number of hydrogen-bond acceptors (Lipinski definition) is 3. The van der Waals surface area contributed by atoms with Crippen molar-refractivity contribution in [3.05, 3.63) is 54.0 Å². The van der Waals surface area contributed by atoms with Gasteiger partial charge in [0.15, 0.2) is 5.11 Å². The lowest BCUT2D eigenvalue weighted by Crippen LogP contribution is -2.45. The number of hydrogen-bond donors (Lipinski definition) is 2. The molecule has 1 fully saturated rings. The van der Waals surface area contributed by atoms with Crippen LogP contribution < -0.4 is 10.6 Å². The van der Waals surface area contributed by atoms with E-state index in [1.165, 1.54) is 18.4 Å². The number of thiocarbonyl (C=S) groups is 1. The highest BCUT2D eigenvalue weighted by atomic mass is 32.1. The molecule has 114 valence electrons. The lowest BCUT2D eigenvalue weighted by Gasteiger charge is -2.32. The number of pyridine rings is 2. The van der Waals surface area contributed by atoms with Gasteiger partial charge in [-0.15, -0.1) is 0 Å². The molecule has 1 aliphatic carbocycles. The topological polar surface area (TPSA) is 49.8 Å². The number of nitrogens with zero attached hydrogens (tertiary/aromatic N) is 2. The van der Waals surface area contributed by atoms with Gasteiger partial charge in [0, 0.05) is 18.6 Å². The first-order valence-electron chi connectivity index (χ1n) is 7.60. The van der Waals surface area contributed by atoms with Crippen LogP contribution in [-0.2, 0) is 5.54 Å². The lowest BCUT2D eigenvalue weighted by atomic mass is 9.89. The maximum absolute atomic E-state index is 5.51. The lowest BCUT2D eigenvalue weighted by molar-refractivity contribution is 0.407. The summed E-state index contributed by atoms with van der Waals surface area (Å²) in [5, 5.41) is 7.32. The van der Waals surface area contributed by atoms with Crippen molar-refractivity contribution >= 4 is 23.1 Å². The zero-order valence-corrected chi connectivity index (χ0v) is 13.5. The van der Waals surface area contributed by atoms with Gasteiger partial charge in [0.2, 0.25) is 0 Å². The van der Waals surface area contributed by atoms with E-state index in [4.69, 9.17) is 12.2 Å². The Morgan fingerprint density at radius 2 is 2.05 bits per heavy atom. The molecular weight excluding hydrogens is 292 g/mol. The van der Waals surface area contributed by atoms with Gasteiger partial charge in [-0.05, 0) is 61.3 Å². The molecule has 2 heterocycles. The number of rotatable bonds is 3. The van der Waals surface area contributed by atoms with Crippen LogP contribution in [0.4, 0.5) is 5.82 Å². The zero-order valence-electron chi connectivity index (χ0n) is 12.7. The molecule has 22 heavy (non-hydrogen) atoms. The molecule has 0 amide bonds. The van der Waals surface area contributed by atoms with E-state index in [0.717, 1.165) is 24.2 Å². The van der Waals surface area contributed by atoms with E-state index < -0.39 is 0 Å². The molecule has 5 heteroatoms. The van der Waals surface area contributed by atoms with Crippen molar-refractivity contribution in [2.45, 2.75) is 38.1 Å². The molecule has 0 aliphatic heterocycles. The summed E-state index contributed by atoms with van der Waals surface area (Å²) in [4.78, 5) is 8.56. The number of nitrogens with one attached hydrogen (secondary N) is 2. The fraction of sp³-hybridized carbons (Fsp3) is 0.353. The van der Waals surface area contributed by atoms with E-state index >= 15 is 0 Å². The molecule has 0 saturated heterocycles.